The van der Waals surface area contributed by atoms with E-state index in [4.69, 9.17) is 28.8 Å². The summed E-state index contributed by atoms with van der Waals surface area (Å²) in [6, 6.07) is 90.4. The molecule has 0 unspecified atom stereocenters. The molecular formula is C80H44N4O2S4. The van der Waals surface area contributed by atoms with Gasteiger partial charge >= 0.3 is 0 Å². The average Bonchev–Trinajstić information content (AvgIpc) is 2.11. The van der Waals surface area contributed by atoms with Crippen LogP contribution in [0, 0.1) is 0 Å². The van der Waals surface area contributed by atoms with Crippen LogP contribution in [-0.2, 0) is 0 Å². The molecule has 12 aromatic carbocycles. The quantitative estimate of drug-likeness (QED) is 0.165. The molecule has 8 heterocycles. The SMILES string of the molecule is c1cc(-c2cnc3sc4ccc(-c5cccc6c5oc5ccccc56)cc4c3n2)cc(-c2cccc3c2oc2ccccc23)c1.c1cc(-c2cnc3sc4ccc(-c5cccc6c5sc5ccccc56)cc4c3n2)cc(-c2cccc3c2sc2ccccc23)c1. The number of benzene rings is 12. The lowest BCUT2D eigenvalue weighted by atomic mass is 9.99. The number of rotatable bonds is 6. The van der Waals surface area contributed by atoms with Crippen molar-refractivity contribution in [3.63, 3.8) is 0 Å². The van der Waals surface area contributed by atoms with Gasteiger partial charge in [-0.25, -0.2) is 19.9 Å². The summed E-state index contributed by atoms with van der Waals surface area (Å²) in [5.74, 6) is 0. The number of thiophene rings is 4. The Hall–Kier alpha value is -10.7. The van der Waals surface area contributed by atoms with Gasteiger partial charge in [-0.3, -0.25) is 0 Å². The molecule has 0 aliphatic heterocycles. The summed E-state index contributed by atoms with van der Waals surface area (Å²) in [5, 5.41) is 12.0. The van der Waals surface area contributed by atoms with E-state index in [1.807, 2.05) is 59.3 Å². The molecular weight excluding hydrogens is 1180 g/mol. The van der Waals surface area contributed by atoms with Gasteiger partial charge in [-0.2, -0.15) is 0 Å². The number of nitrogens with zero attached hydrogens (tertiary/aromatic N) is 4. The number of furan rings is 2. The van der Waals surface area contributed by atoms with Crippen molar-refractivity contribution in [1.82, 2.24) is 19.9 Å². The number of aromatic nitrogens is 4. The van der Waals surface area contributed by atoms with Crippen molar-refractivity contribution in [3.8, 4) is 67.0 Å². The van der Waals surface area contributed by atoms with Crippen molar-refractivity contribution in [2.45, 2.75) is 0 Å². The molecule has 20 rings (SSSR count). The van der Waals surface area contributed by atoms with Gasteiger partial charge < -0.3 is 8.83 Å². The molecule has 10 heteroatoms. The van der Waals surface area contributed by atoms with Crippen LogP contribution in [0.25, 0.3) is 192 Å². The molecule has 0 bridgehead atoms. The Balaban J connectivity index is 0.000000130. The van der Waals surface area contributed by atoms with Crippen LogP contribution < -0.4 is 0 Å². The fraction of sp³-hybridized carbons (Fsp3) is 0. The van der Waals surface area contributed by atoms with Gasteiger partial charge in [0.2, 0.25) is 0 Å². The van der Waals surface area contributed by atoms with Gasteiger partial charge in [0.05, 0.1) is 23.8 Å². The van der Waals surface area contributed by atoms with E-state index in [2.05, 4.69) is 231 Å². The van der Waals surface area contributed by atoms with Crippen LogP contribution in [0.4, 0.5) is 0 Å². The zero-order valence-electron chi connectivity index (χ0n) is 47.6. The topological polar surface area (TPSA) is 77.8 Å². The van der Waals surface area contributed by atoms with Crippen molar-refractivity contribution in [3.05, 3.63) is 267 Å². The molecule has 0 fully saturated rings. The Morgan fingerprint density at radius 3 is 1.12 bits per heavy atom. The summed E-state index contributed by atoms with van der Waals surface area (Å²) >= 11 is 7.12. The molecule has 8 aromatic heterocycles. The lowest BCUT2D eigenvalue weighted by Gasteiger charge is -2.07. The van der Waals surface area contributed by atoms with Crippen molar-refractivity contribution in [2.75, 3.05) is 0 Å². The zero-order valence-corrected chi connectivity index (χ0v) is 50.9. The molecule has 90 heavy (non-hydrogen) atoms. The van der Waals surface area contributed by atoms with Crippen LogP contribution >= 0.6 is 45.3 Å². The van der Waals surface area contributed by atoms with E-state index in [1.165, 1.54) is 67.3 Å². The van der Waals surface area contributed by atoms with E-state index >= 15 is 0 Å². The molecule has 0 saturated carbocycles. The Morgan fingerprint density at radius 1 is 0.256 bits per heavy atom. The predicted molar refractivity (Wildman–Crippen MR) is 383 cm³/mol. The smallest absolute Gasteiger partial charge is 0.143 e. The second kappa shape index (κ2) is 20.4. The second-order valence-corrected chi connectivity index (χ2v) is 26.9. The molecule has 420 valence electrons. The van der Waals surface area contributed by atoms with Gasteiger partial charge in [0, 0.05) is 104 Å². The lowest BCUT2D eigenvalue weighted by molar-refractivity contribution is 0.669. The standard InChI is InChI=1S/C40H22N2O2S.C40H22N2S3/c2*1-3-16-34-28(10-1)30-14-6-12-26(38(30)43-34)23-8-5-9-25(20-23)33-22-41-40-37(42-33)32-21-24(18-19-36(32)45-40)27-13-7-15-31-29-11-2-4-17-35(29)44-39(27)31/h2*1-22H. The lowest BCUT2D eigenvalue weighted by Crippen LogP contribution is -1.88. The van der Waals surface area contributed by atoms with Crippen LogP contribution in [0.1, 0.15) is 0 Å². The molecule has 20 aromatic rings. The van der Waals surface area contributed by atoms with Crippen LogP contribution in [-0.4, -0.2) is 19.9 Å². The fourth-order valence-corrected chi connectivity index (χ4v) is 17.7. The zero-order chi connectivity index (χ0) is 59.0. The largest absolute Gasteiger partial charge is 0.455 e. The summed E-state index contributed by atoms with van der Waals surface area (Å²) in [6.45, 7) is 0. The number of hydrogen-bond acceptors (Lipinski definition) is 10. The van der Waals surface area contributed by atoms with Crippen molar-refractivity contribution in [2.24, 2.45) is 0 Å². The summed E-state index contributed by atoms with van der Waals surface area (Å²) in [6.07, 6.45) is 3.81. The van der Waals surface area contributed by atoms with Crippen molar-refractivity contribution in [1.29, 1.82) is 0 Å². The molecule has 0 saturated heterocycles. The van der Waals surface area contributed by atoms with Crippen LogP contribution in [0.15, 0.2) is 276 Å². The molecule has 0 spiro atoms. The Bertz CT molecular complexity index is 5950. The predicted octanol–water partition coefficient (Wildman–Crippen LogP) is 24.2. The molecule has 0 radical (unpaired) electrons. The maximum Gasteiger partial charge on any atom is 0.143 e. The highest BCUT2D eigenvalue weighted by Gasteiger charge is 2.20. The average molecular weight is 1220 g/mol. The summed E-state index contributed by atoms with van der Waals surface area (Å²) in [4.78, 5) is 22.1. The van der Waals surface area contributed by atoms with Gasteiger partial charge in [0.25, 0.3) is 0 Å². The van der Waals surface area contributed by atoms with E-state index in [0.717, 1.165) is 125 Å². The van der Waals surface area contributed by atoms with E-state index in [1.54, 1.807) is 22.7 Å². The molecule has 0 N–H and O–H groups in total. The minimum Gasteiger partial charge on any atom is -0.455 e. The van der Waals surface area contributed by atoms with Crippen molar-refractivity contribution >= 4 is 170 Å². The highest BCUT2D eigenvalue weighted by Crippen LogP contribution is 2.46. The van der Waals surface area contributed by atoms with Crippen LogP contribution in [0.5, 0.6) is 0 Å². The van der Waals surface area contributed by atoms with Gasteiger partial charge in [-0.15, -0.1) is 45.3 Å². The van der Waals surface area contributed by atoms with Gasteiger partial charge in [0.1, 0.15) is 43.0 Å². The third-order valence-electron chi connectivity index (χ3n) is 17.5. The highest BCUT2D eigenvalue weighted by atomic mass is 32.1. The van der Waals surface area contributed by atoms with E-state index in [9.17, 15) is 0 Å². The summed E-state index contributed by atoms with van der Waals surface area (Å²) < 4.78 is 20.4. The minimum absolute atomic E-state index is 0.839. The maximum absolute atomic E-state index is 6.36. The molecule has 6 nitrogen and oxygen atoms in total. The maximum atomic E-state index is 6.36. The highest BCUT2D eigenvalue weighted by molar-refractivity contribution is 7.27. The molecule has 0 aliphatic rings. The van der Waals surface area contributed by atoms with Crippen molar-refractivity contribution < 1.29 is 8.83 Å². The molecule has 0 amide bonds. The first-order valence-electron chi connectivity index (χ1n) is 29.8. The minimum atomic E-state index is 0.839. The Kier molecular flexibility index (Phi) is 11.7. The normalized spacial score (nSPS) is 12.0. The van der Waals surface area contributed by atoms with E-state index in [-0.39, 0.29) is 0 Å². The van der Waals surface area contributed by atoms with Crippen LogP contribution in [0.2, 0.25) is 0 Å². The summed E-state index contributed by atoms with van der Waals surface area (Å²) in [5.41, 5.74) is 18.5. The van der Waals surface area contributed by atoms with Crippen LogP contribution in [0.3, 0.4) is 0 Å². The molecule has 0 aliphatic carbocycles. The Morgan fingerprint density at radius 2 is 0.622 bits per heavy atom. The third kappa shape index (κ3) is 8.26. The summed E-state index contributed by atoms with van der Waals surface area (Å²) in [7, 11) is 0. The van der Waals surface area contributed by atoms with E-state index < -0.39 is 0 Å². The van der Waals surface area contributed by atoms with Gasteiger partial charge in [0.15, 0.2) is 0 Å². The fourth-order valence-electron chi connectivity index (χ4n) is 13.3. The third-order valence-corrected chi connectivity index (χ3v) is 22.1. The van der Waals surface area contributed by atoms with Gasteiger partial charge in [-0.05, 0) is 94.0 Å². The monoisotopic (exact) mass is 1220 g/mol. The number of hydrogen-bond donors (Lipinski definition) is 0. The number of fused-ring (bicyclic) bond motifs is 18. The molecule has 0 atom stereocenters. The number of para-hydroxylation sites is 4. The van der Waals surface area contributed by atoms with Gasteiger partial charge in [-0.1, -0.05) is 194 Å². The first-order chi connectivity index (χ1) is 44.6. The van der Waals surface area contributed by atoms with E-state index in [0.29, 0.717) is 0 Å². The first-order valence-corrected chi connectivity index (χ1v) is 33.1. The second-order valence-electron chi connectivity index (χ2n) is 22.7. The first kappa shape index (κ1) is 51.3. The Labute approximate surface area is 529 Å².